The fraction of sp³-hybridized carbons (Fsp3) is 0.167. The van der Waals surface area contributed by atoms with Gasteiger partial charge in [0, 0.05) is 11.1 Å². The minimum atomic E-state index is -1.54. The number of hydrogen-bond donors (Lipinski definition) is 2. The molecule has 1 aliphatic heterocycles. The van der Waals surface area contributed by atoms with Crippen LogP contribution in [0.25, 0.3) is 0 Å². The van der Waals surface area contributed by atoms with Gasteiger partial charge in [0.25, 0.3) is 5.91 Å². The van der Waals surface area contributed by atoms with Crippen molar-refractivity contribution in [2.75, 3.05) is 7.11 Å². The van der Waals surface area contributed by atoms with Gasteiger partial charge in [0.15, 0.2) is 16.5 Å². The number of amides is 1. The molecule has 0 spiro atoms. The van der Waals surface area contributed by atoms with Gasteiger partial charge < -0.3 is 15.8 Å². The second kappa shape index (κ2) is 7.35. The summed E-state index contributed by atoms with van der Waals surface area (Å²) in [6, 6.07) is 15.8. The van der Waals surface area contributed by atoms with E-state index in [2.05, 4.69) is 15.3 Å². The molecule has 0 aromatic heterocycles. The molecule has 2 aromatic rings. The van der Waals surface area contributed by atoms with E-state index in [0.717, 1.165) is 5.56 Å². The molecule has 8 heteroatoms. The normalized spacial score (nSPS) is 19.1. The number of nitrogens with one attached hydrogen (secondary N) is 1. The van der Waals surface area contributed by atoms with Gasteiger partial charge in [-0.15, -0.1) is 0 Å². The quantitative estimate of drug-likeness (QED) is 0.769. The summed E-state index contributed by atoms with van der Waals surface area (Å²) in [5, 5.41) is 2.71. The van der Waals surface area contributed by atoms with Crippen molar-refractivity contribution in [2.24, 2.45) is 15.7 Å². The van der Waals surface area contributed by atoms with Crippen LogP contribution in [0.1, 0.15) is 15.9 Å². The Balaban J connectivity index is 1.92. The molecule has 0 radical (unpaired) electrons. The standard InChI is InChI=1S/C18H16Cl2N4O2/c1-26-13-9-7-12(8-10-13)15(25)24-18(16(19)20)17(21)22-14(23-18)11-5-3-2-4-6-11/h2-10,16H,1H3,(H,24,25)(H2,21,22,23)/t18-/m1/s1. The number of nitrogens with zero attached hydrogens (tertiary/aromatic N) is 2. The third-order valence-corrected chi connectivity index (χ3v) is 4.53. The number of carbonyl (C=O) groups is 1. The van der Waals surface area contributed by atoms with E-state index < -0.39 is 16.4 Å². The van der Waals surface area contributed by atoms with Crippen molar-refractivity contribution in [2.45, 2.75) is 10.5 Å². The molecule has 1 atom stereocenters. The maximum absolute atomic E-state index is 12.6. The molecule has 0 saturated carbocycles. The average Bonchev–Trinajstić information content (AvgIpc) is 3.00. The number of carbonyl (C=O) groups excluding carboxylic acids is 1. The number of alkyl halides is 2. The highest BCUT2D eigenvalue weighted by molar-refractivity contribution is 6.47. The molecule has 0 aliphatic carbocycles. The Hall–Kier alpha value is -2.57. The van der Waals surface area contributed by atoms with Gasteiger partial charge in [-0.05, 0) is 24.3 Å². The fourth-order valence-electron chi connectivity index (χ4n) is 2.46. The third-order valence-electron chi connectivity index (χ3n) is 3.90. The predicted molar refractivity (Wildman–Crippen MR) is 103 cm³/mol. The zero-order valence-corrected chi connectivity index (χ0v) is 15.3. The smallest absolute Gasteiger partial charge is 0.253 e. The Morgan fingerprint density at radius 1 is 1.15 bits per heavy atom. The monoisotopic (exact) mass is 390 g/mol. The van der Waals surface area contributed by atoms with E-state index in [9.17, 15) is 4.79 Å². The van der Waals surface area contributed by atoms with Crippen LogP contribution in [0, 0.1) is 0 Å². The lowest BCUT2D eigenvalue weighted by Gasteiger charge is -2.28. The van der Waals surface area contributed by atoms with E-state index in [4.69, 9.17) is 33.7 Å². The number of ether oxygens (including phenoxy) is 1. The minimum Gasteiger partial charge on any atom is -0.497 e. The van der Waals surface area contributed by atoms with Crippen molar-refractivity contribution in [3.8, 4) is 5.75 Å². The minimum absolute atomic E-state index is 0.0215. The molecular weight excluding hydrogens is 375 g/mol. The van der Waals surface area contributed by atoms with Gasteiger partial charge in [0.2, 0.25) is 5.66 Å². The molecular formula is C18H16Cl2N4O2. The van der Waals surface area contributed by atoms with Gasteiger partial charge in [-0.3, -0.25) is 4.79 Å². The van der Waals surface area contributed by atoms with Crippen molar-refractivity contribution in [1.82, 2.24) is 5.32 Å². The fourth-order valence-corrected chi connectivity index (χ4v) is 2.89. The average molecular weight is 391 g/mol. The summed E-state index contributed by atoms with van der Waals surface area (Å²) in [4.78, 5) is 20.2. The van der Waals surface area contributed by atoms with Crippen LogP contribution < -0.4 is 15.8 Å². The SMILES string of the molecule is COc1ccc(C(=O)N[C@@]2(C(Cl)Cl)N=C(c3ccccc3)N=C2N)cc1. The van der Waals surface area contributed by atoms with Gasteiger partial charge in [0.1, 0.15) is 5.75 Å². The molecule has 134 valence electrons. The molecule has 1 aliphatic rings. The predicted octanol–water partition coefficient (Wildman–Crippen LogP) is 2.74. The van der Waals surface area contributed by atoms with E-state index in [0.29, 0.717) is 17.1 Å². The molecule has 3 rings (SSSR count). The molecule has 0 unspecified atom stereocenters. The Kier molecular flexibility index (Phi) is 5.15. The van der Waals surface area contributed by atoms with Crippen LogP contribution in [0.15, 0.2) is 64.6 Å². The lowest BCUT2D eigenvalue weighted by Crippen LogP contribution is -2.59. The first-order chi connectivity index (χ1) is 12.5. The highest BCUT2D eigenvalue weighted by Gasteiger charge is 2.46. The van der Waals surface area contributed by atoms with E-state index in [1.165, 1.54) is 0 Å². The van der Waals surface area contributed by atoms with Crippen molar-refractivity contribution in [3.05, 3.63) is 65.7 Å². The van der Waals surface area contributed by atoms with E-state index in [-0.39, 0.29) is 5.84 Å². The third kappa shape index (κ3) is 3.38. The molecule has 1 heterocycles. The van der Waals surface area contributed by atoms with Crippen LogP contribution in [0.5, 0.6) is 5.75 Å². The molecule has 0 fully saturated rings. The van der Waals surface area contributed by atoms with Gasteiger partial charge in [-0.25, -0.2) is 9.98 Å². The first kappa shape index (κ1) is 18.2. The molecule has 2 aromatic carbocycles. The Bertz CT molecular complexity index is 867. The second-order valence-corrected chi connectivity index (χ2v) is 6.64. The van der Waals surface area contributed by atoms with Crippen LogP contribution in [-0.4, -0.2) is 35.2 Å². The molecule has 3 N–H and O–H groups in total. The number of rotatable bonds is 5. The maximum atomic E-state index is 12.6. The number of methoxy groups -OCH3 is 1. The lowest BCUT2D eigenvalue weighted by molar-refractivity contribution is 0.0928. The zero-order chi connectivity index (χ0) is 18.7. The first-order valence-electron chi connectivity index (χ1n) is 7.71. The molecule has 1 amide bonds. The number of halogens is 2. The maximum Gasteiger partial charge on any atom is 0.253 e. The molecule has 0 bridgehead atoms. The van der Waals surface area contributed by atoms with Crippen molar-refractivity contribution in [3.63, 3.8) is 0 Å². The highest BCUT2D eigenvalue weighted by Crippen LogP contribution is 2.29. The lowest BCUT2D eigenvalue weighted by atomic mass is 10.1. The Morgan fingerprint density at radius 2 is 1.81 bits per heavy atom. The largest absolute Gasteiger partial charge is 0.497 e. The van der Waals surface area contributed by atoms with Gasteiger partial charge in [-0.2, -0.15) is 0 Å². The van der Waals surface area contributed by atoms with E-state index in [1.54, 1.807) is 31.4 Å². The van der Waals surface area contributed by atoms with Gasteiger partial charge >= 0.3 is 0 Å². The van der Waals surface area contributed by atoms with Crippen LogP contribution in [0.4, 0.5) is 0 Å². The number of hydrogen-bond acceptors (Lipinski definition) is 5. The number of aliphatic imine (C=N–C) groups is 2. The summed E-state index contributed by atoms with van der Waals surface area (Å²) in [5.41, 5.74) is 5.64. The zero-order valence-electron chi connectivity index (χ0n) is 13.8. The van der Waals surface area contributed by atoms with Crippen LogP contribution in [0.3, 0.4) is 0 Å². The molecule has 6 nitrogen and oxygen atoms in total. The number of benzene rings is 2. The summed E-state index contributed by atoms with van der Waals surface area (Å²) in [7, 11) is 1.55. The van der Waals surface area contributed by atoms with Gasteiger partial charge in [-0.1, -0.05) is 53.5 Å². The summed E-state index contributed by atoms with van der Waals surface area (Å²) in [5.74, 6) is 0.572. The number of nitrogens with two attached hydrogens (primary N) is 1. The summed E-state index contributed by atoms with van der Waals surface area (Å²) in [6.45, 7) is 0. The summed E-state index contributed by atoms with van der Waals surface area (Å²) < 4.78 is 5.09. The van der Waals surface area contributed by atoms with Crippen LogP contribution >= 0.6 is 23.2 Å². The van der Waals surface area contributed by atoms with E-state index >= 15 is 0 Å². The Morgan fingerprint density at radius 3 is 2.38 bits per heavy atom. The Labute approximate surface area is 160 Å². The van der Waals surface area contributed by atoms with Gasteiger partial charge in [0.05, 0.1) is 7.11 Å². The second-order valence-electron chi connectivity index (χ2n) is 5.55. The summed E-state index contributed by atoms with van der Waals surface area (Å²) in [6.07, 6.45) is 0. The molecule has 26 heavy (non-hydrogen) atoms. The van der Waals surface area contributed by atoms with Crippen molar-refractivity contribution < 1.29 is 9.53 Å². The van der Waals surface area contributed by atoms with Crippen molar-refractivity contribution >= 4 is 40.8 Å². The van der Waals surface area contributed by atoms with Crippen LogP contribution in [-0.2, 0) is 0 Å². The van der Waals surface area contributed by atoms with Crippen LogP contribution in [0.2, 0.25) is 0 Å². The topological polar surface area (TPSA) is 89.1 Å². The van der Waals surface area contributed by atoms with Crippen molar-refractivity contribution in [1.29, 1.82) is 0 Å². The molecule has 0 saturated heterocycles. The summed E-state index contributed by atoms with van der Waals surface area (Å²) >= 11 is 12.3. The first-order valence-corrected chi connectivity index (χ1v) is 8.58. The van der Waals surface area contributed by atoms with E-state index in [1.807, 2.05) is 30.3 Å². The highest BCUT2D eigenvalue weighted by atomic mass is 35.5. The number of amidine groups is 2.